The number of nitrogens with zero attached hydrogens (tertiary/aromatic N) is 3. The van der Waals surface area contributed by atoms with Gasteiger partial charge in [-0.15, -0.1) is 0 Å². The maximum Gasteiger partial charge on any atom is 0.243 e. The fourth-order valence-corrected chi connectivity index (χ4v) is 5.79. The van der Waals surface area contributed by atoms with Crippen molar-refractivity contribution in [2.24, 2.45) is 5.92 Å². The van der Waals surface area contributed by atoms with E-state index in [1.54, 1.807) is 28.6 Å². The molecule has 1 aliphatic heterocycles. The fourth-order valence-electron chi connectivity index (χ4n) is 4.30. The second kappa shape index (κ2) is 7.74. The molecule has 1 aliphatic rings. The molecule has 2 aromatic carbocycles. The highest BCUT2D eigenvalue weighted by molar-refractivity contribution is 7.89. The molecule has 7 heteroatoms. The number of nitrogens with one attached hydrogen (secondary N) is 1. The minimum atomic E-state index is -3.39. The van der Waals surface area contributed by atoms with Crippen molar-refractivity contribution in [1.82, 2.24) is 19.1 Å². The number of aromatic amines is 1. The van der Waals surface area contributed by atoms with Crippen LogP contribution in [0.5, 0.6) is 0 Å². The van der Waals surface area contributed by atoms with Crippen molar-refractivity contribution >= 4 is 20.9 Å². The van der Waals surface area contributed by atoms with Crippen molar-refractivity contribution in [3.63, 3.8) is 0 Å². The number of sulfonamides is 1. The summed E-state index contributed by atoms with van der Waals surface area (Å²) in [5, 5.41) is 8.09. The molecule has 1 saturated heterocycles. The molecule has 0 unspecified atom stereocenters. The van der Waals surface area contributed by atoms with Crippen LogP contribution in [-0.4, -0.2) is 40.6 Å². The van der Waals surface area contributed by atoms with Crippen LogP contribution in [0.1, 0.15) is 12.8 Å². The number of fused-ring (bicyclic) bond motifs is 1. The van der Waals surface area contributed by atoms with Gasteiger partial charge in [0.05, 0.1) is 11.1 Å². The summed E-state index contributed by atoms with van der Waals surface area (Å²) in [7, 11) is -3.39. The topological polar surface area (TPSA) is 71.0 Å². The normalized spacial score (nSPS) is 16.3. The molecule has 6 nitrogen and oxygen atoms in total. The first-order valence-corrected chi connectivity index (χ1v) is 11.7. The van der Waals surface area contributed by atoms with E-state index in [4.69, 9.17) is 0 Å². The van der Waals surface area contributed by atoms with Crippen LogP contribution >= 0.6 is 0 Å². The molecule has 4 aromatic rings. The molecule has 1 N–H and O–H groups in total. The monoisotopic (exact) mass is 420 g/mol. The molecule has 0 saturated carbocycles. The maximum absolute atomic E-state index is 12.8. The molecule has 1 fully saturated rings. The van der Waals surface area contributed by atoms with Crippen LogP contribution in [0.4, 0.5) is 0 Å². The molecule has 3 heterocycles. The zero-order chi connectivity index (χ0) is 20.6. The van der Waals surface area contributed by atoms with Gasteiger partial charge in [0.25, 0.3) is 0 Å². The predicted molar refractivity (Wildman–Crippen MR) is 117 cm³/mol. The molecule has 0 bridgehead atoms. The lowest BCUT2D eigenvalue weighted by Crippen LogP contribution is -2.39. The van der Waals surface area contributed by atoms with Gasteiger partial charge in [0.1, 0.15) is 0 Å². The Morgan fingerprint density at radius 1 is 1.00 bits per heavy atom. The van der Waals surface area contributed by atoms with E-state index < -0.39 is 10.0 Å². The van der Waals surface area contributed by atoms with E-state index in [0.717, 1.165) is 30.5 Å². The number of H-pyrrole nitrogens is 1. The third-order valence-corrected chi connectivity index (χ3v) is 7.92. The van der Waals surface area contributed by atoms with Gasteiger partial charge in [0, 0.05) is 48.5 Å². The van der Waals surface area contributed by atoms with Crippen molar-refractivity contribution in [3.05, 3.63) is 73.2 Å². The molecule has 30 heavy (non-hydrogen) atoms. The molecule has 0 aliphatic carbocycles. The average molecular weight is 421 g/mol. The summed E-state index contributed by atoms with van der Waals surface area (Å²) in [5.41, 5.74) is 3.44. The quantitative estimate of drug-likeness (QED) is 0.528. The van der Waals surface area contributed by atoms with Gasteiger partial charge in [-0.1, -0.05) is 24.3 Å². The van der Waals surface area contributed by atoms with E-state index in [1.807, 2.05) is 18.5 Å². The number of hydrogen-bond donors (Lipinski definition) is 1. The summed E-state index contributed by atoms with van der Waals surface area (Å²) >= 11 is 0. The first-order valence-electron chi connectivity index (χ1n) is 10.2. The molecular formula is C23H24N4O2S. The van der Waals surface area contributed by atoms with Crippen molar-refractivity contribution in [3.8, 4) is 11.1 Å². The zero-order valence-electron chi connectivity index (χ0n) is 16.6. The molecule has 154 valence electrons. The summed E-state index contributed by atoms with van der Waals surface area (Å²) in [4.78, 5) is 0.383. The number of aromatic nitrogens is 3. The van der Waals surface area contributed by atoms with Crippen LogP contribution < -0.4 is 0 Å². The van der Waals surface area contributed by atoms with Gasteiger partial charge in [-0.25, -0.2) is 8.42 Å². The number of hydrogen-bond acceptors (Lipinski definition) is 3. The Morgan fingerprint density at radius 2 is 1.80 bits per heavy atom. The van der Waals surface area contributed by atoms with E-state index in [-0.39, 0.29) is 0 Å². The highest BCUT2D eigenvalue weighted by atomic mass is 32.2. The van der Waals surface area contributed by atoms with Gasteiger partial charge >= 0.3 is 0 Å². The zero-order valence-corrected chi connectivity index (χ0v) is 17.4. The maximum atomic E-state index is 12.8. The van der Waals surface area contributed by atoms with E-state index in [0.29, 0.717) is 23.9 Å². The van der Waals surface area contributed by atoms with Gasteiger partial charge < -0.3 is 4.57 Å². The Balaban J connectivity index is 1.27. The van der Waals surface area contributed by atoms with Crippen LogP contribution in [0.25, 0.3) is 22.0 Å². The molecule has 0 spiro atoms. The fraction of sp³-hybridized carbons (Fsp3) is 0.261. The Labute approximate surface area is 176 Å². The standard InChI is InChI=1S/C23H24N4O2S/c28-30(29,22-4-2-1-3-5-22)27-12-8-18(9-13-27)17-26-11-10-20-14-19(6-7-23(20)26)21-15-24-25-16-21/h1-7,10-11,14-16,18H,8-9,12-13,17H2,(H,24,25). The predicted octanol–water partition coefficient (Wildman–Crippen LogP) is 4.13. The van der Waals surface area contributed by atoms with Gasteiger partial charge in [0.15, 0.2) is 0 Å². The van der Waals surface area contributed by atoms with E-state index in [1.165, 1.54) is 10.9 Å². The Morgan fingerprint density at radius 3 is 2.53 bits per heavy atom. The first kappa shape index (κ1) is 19.1. The third-order valence-electron chi connectivity index (χ3n) is 6.01. The molecule has 5 rings (SSSR count). The van der Waals surface area contributed by atoms with Crippen molar-refractivity contribution in [2.75, 3.05) is 13.1 Å². The number of rotatable bonds is 5. The lowest BCUT2D eigenvalue weighted by atomic mass is 9.98. The summed E-state index contributed by atoms with van der Waals surface area (Å²) in [5.74, 6) is 0.469. The van der Waals surface area contributed by atoms with Crippen molar-refractivity contribution in [2.45, 2.75) is 24.3 Å². The second-order valence-corrected chi connectivity index (χ2v) is 9.83. The molecule has 0 atom stereocenters. The van der Waals surface area contributed by atoms with E-state index in [9.17, 15) is 8.42 Å². The Kier molecular flexibility index (Phi) is 4.92. The highest BCUT2D eigenvalue weighted by Crippen LogP contribution is 2.28. The number of benzene rings is 2. The van der Waals surface area contributed by atoms with Gasteiger partial charge in [-0.2, -0.15) is 9.40 Å². The summed E-state index contributed by atoms with van der Waals surface area (Å²) in [6.45, 7) is 2.06. The summed E-state index contributed by atoms with van der Waals surface area (Å²) in [6, 6.07) is 17.3. The molecule has 0 radical (unpaired) electrons. The van der Waals surface area contributed by atoms with Gasteiger partial charge in [-0.05, 0) is 54.7 Å². The Bertz CT molecular complexity index is 1240. The second-order valence-electron chi connectivity index (χ2n) is 7.89. The van der Waals surface area contributed by atoms with Crippen molar-refractivity contribution in [1.29, 1.82) is 0 Å². The van der Waals surface area contributed by atoms with Crippen LogP contribution in [0.15, 0.2) is 78.1 Å². The number of piperidine rings is 1. The molecule has 2 aromatic heterocycles. The van der Waals surface area contributed by atoms with Crippen LogP contribution in [-0.2, 0) is 16.6 Å². The average Bonchev–Trinajstić information content (AvgIpc) is 3.45. The molecule has 0 amide bonds. The first-order chi connectivity index (χ1) is 14.6. The summed E-state index contributed by atoms with van der Waals surface area (Å²) < 4.78 is 29.6. The third kappa shape index (κ3) is 3.55. The van der Waals surface area contributed by atoms with E-state index >= 15 is 0 Å². The summed E-state index contributed by atoms with van der Waals surface area (Å²) in [6.07, 6.45) is 7.61. The Hall–Kier alpha value is -2.90. The van der Waals surface area contributed by atoms with Crippen LogP contribution in [0.2, 0.25) is 0 Å². The highest BCUT2D eigenvalue weighted by Gasteiger charge is 2.29. The lowest BCUT2D eigenvalue weighted by molar-refractivity contribution is 0.254. The smallest absolute Gasteiger partial charge is 0.243 e. The minimum absolute atomic E-state index is 0.383. The van der Waals surface area contributed by atoms with Gasteiger partial charge in [-0.3, -0.25) is 5.10 Å². The molecular weight excluding hydrogens is 396 g/mol. The SMILES string of the molecule is O=S(=O)(c1ccccc1)N1CCC(Cn2ccc3cc(-c4cn[nH]c4)ccc32)CC1. The van der Waals surface area contributed by atoms with Gasteiger partial charge in [0.2, 0.25) is 10.0 Å². The van der Waals surface area contributed by atoms with Crippen molar-refractivity contribution < 1.29 is 8.42 Å². The largest absolute Gasteiger partial charge is 0.347 e. The van der Waals surface area contributed by atoms with Crippen LogP contribution in [0, 0.1) is 5.92 Å². The minimum Gasteiger partial charge on any atom is -0.347 e. The van der Waals surface area contributed by atoms with Crippen LogP contribution in [0.3, 0.4) is 0 Å². The lowest BCUT2D eigenvalue weighted by Gasteiger charge is -2.31. The van der Waals surface area contributed by atoms with E-state index in [2.05, 4.69) is 45.2 Å².